The average Bonchev–Trinajstić information content (AvgIpc) is 2.65. The molecule has 1 aliphatic heterocycles. The third-order valence-corrected chi connectivity index (χ3v) is 3.92. The molecule has 14 heavy (non-hydrogen) atoms. The van der Waals surface area contributed by atoms with Crippen molar-refractivity contribution in [3.8, 4) is 6.07 Å². The van der Waals surface area contributed by atoms with E-state index in [0.29, 0.717) is 0 Å². The molecule has 1 heterocycles. The summed E-state index contributed by atoms with van der Waals surface area (Å²) in [6.45, 7) is 6.11. The molecule has 1 unspecified atom stereocenters. The predicted molar refractivity (Wildman–Crippen MR) is 62.3 cm³/mol. The Morgan fingerprint density at radius 3 is 2.93 bits per heavy atom. The van der Waals surface area contributed by atoms with Crippen molar-refractivity contribution >= 4 is 11.8 Å². The molecule has 0 aromatic carbocycles. The monoisotopic (exact) mass is 212 g/mol. The number of rotatable bonds is 5. The summed E-state index contributed by atoms with van der Waals surface area (Å²) >= 11 is 2.06. The molecule has 0 spiro atoms. The lowest BCUT2D eigenvalue weighted by molar-refractivity contribution is 0.417. The van der Waals surface area contributed by atoms with Crippen LogP contribution in [0.15, 0.2) is 0 Å². The first-order valence-corrected chi connectivity index (χ1v) is 6.49. The van der Waals surface area contributed by atoms with Gasteiger partial charge in [-0.2, -0.15) is 17.0 Å². The van der Waals surface area contributed by atoms with Crippen molar-refractivity contribution in [2.24, 2.45) is 11.3 Å². The van der Waals surface area contributed by atoms with Gasteiger partial charge in [-0.25, -0.2) is 0 Å². The lowest BCUT2D eigenvalue weighted by Gasteiger charge is -2.16. The predicted octanol–water partition coefficient (Wildman–Crippen LogP) is 2.27. The number of nitrogens with one attached hydrogen (secondary N) is 1. The van der Waals surface area contributed by atoms with E-state index >= 15 is 0 Å². The van der Waals surface area contributed by atoms with Gasteiger partial charge in [0.25, 0.3) is 0 Å². The zero-order valence-corrected chi connectivity index (χ0v) is 9.99. The first kappa shape index (κ1) is 11.9. The van der Waals surface area contributed by atoms with Crippen LogP contribution < -0.4 is 5.32 Å². The van der Waals surface area contributed by atoms with Gasteiger partial charge in [-0.15, -0.1) is 0 Å². The Kier molecular flexibility index (Phi) is 4.77. The first-order chi connectivity index (χ1) is 6.64. The number of thioether (sulfide) groups is 1. The number of nitrogens with zero attached hydrogens (tertiary/aromatic N) is 1. The highest BCUT2D eigenvalue weighted by Crippen LogP contribution is 2.22. The van der Waals surface area contributed by atoms with E-state index in [4.69, 9.17) is 5.26 Å². The van der Waals surface area contributed by atoms with Gasteiger partial charge in [0.1, 0.15) is 0 Å². The first-order valence-electron chi connectivity index (χ1n) is 5.34. The van der Waals surface area contributed by atoms with Gasteiger partial charge < -0.3 is 5.32 Å². The van der Waals surface area contributed by atoms with Crippen LogP contribution in [0.4, 0.5) is 0 Å². The smallest absolute Gasteiger partial charge is 0.0684 e. The second kappa shape index (κ2) is 5.63. The molecule has 1 rings (SSSR count). The molecule has 3 heteroatoms. The van der Waals surface area contributed by atoms with Crippen molar-refractivity contribution in [2.75, 3.05) is 24.6 Å². The SMILES string of the molecule is CC(C)(C#N)CCNCC1CCSC1. The molecule has 1 atom stereocenters. The molecule has 80 valence electrons. The Hall–Kier alpha value is -0.200. The van der Waals surface area contributed by atoms with Crippen LogP contribution in [0.2, 0.25) is 0 Å². The molecule has 0 radical (unpaired) electrons. The summed E-state index contributed by atoms with van der Waals surface area (Å²) in [7, 11) is 0. The molecule has 0 saturated carbocycles. The van der Waals surface area contributed by atoms with Crippen molar-refractivity contribution in [1.82, 2.24) is 5.32 Å². The summed E-state index contributed by atoms with van der Waals surface area (Å²) in [6.07, 6.45) is 2.31. The van der Waals surface area contributed by atoms with Crippen LogP contribution in [-0.4, -0.2) is 24.6 Å². The lowest BCUT2D eigenvalue weighted by Crippen LogP contribution is -2.26. The van der Waals surface area contributed by atoms with Crippen LogP contribution in [-0.2, 0) is 0 Å². The van der Waals surface area contributed by atoms with Crippen LogP contribution in [0, 0.1) is 22.7 Å². The quantitative estimate of drug-likeness (QED) is 0.710. The third-order valence-electron chi connectivity index (χ3n) is 2.69. The topological polar surface area (TPSA) is 35.8 Å². The molecule has 1 N–H and O–H groups in total. The molecule has 0 aromatic rings. The maximum absolute atomic E-state index is 8.82. The van der Waals surface area contributed by atoms with E-state index in [-0.39, 0.29) is 5.41 Å². The second-order valence-electron chi connectivity index (χ2n) is 4.68. The molecular formula is C11H20N2S. The van der Waals surface area contributed by atoms with Gasteiger partial charge in [0.05, 0.1) is 11.5 Å². The van der Waals surface area contributed by atoms with E-state index in [1.807, 2.05) is 13.8 Å². The van der Waals surface area contributed by atoms with Gasteiger partial charge in [-0.05, 0) is 57.2 Å². The summed E-state index contributed by atoms with van der Waals surface area (Å²) in [5.41, 5.74) is -0.169. The van der Waals surface area contributed by atoms with Crippen LogP contribution in [0.25, 0.3) is 0 Å². The van der Waals surface area contributed by atoms with Gasteiger partial charge in [0, 0.05) is 0 Å². The number of nitriles is 1. The Morgan fingerprint density at radius 1 is 1.57 bits per heavy atom. The largest absolute Gasteiger partial charge is 0.316 e. The lowest BCUT2D eigenvalue weighted by atomic mass is 9.91. The van der Waals surface area contributed by atoms with E-state index in [9.17, 15) is 0 Å². The van der Waals surface area contributed by atoms with Gasteiger partial charge in [-0.3, -0.25) is 0 Å². The van der Waals surface area contributed by atoms with Crippen molar-refractivity contribution < 1.29 is 0 Å². The Bertz CT molecular complexity index is 202. The molecule has 0 amide bonds. The molecule has 1 saturated heterocycles. The van der Waals surface area contributed by atoms with Gasteiger partial charge in [0.2, 0.25) is 0 Å². The summed E-state index contributed by atoms with van der Waals surface area (Å²) in [5, 5.41) is 12.3. The number of hydrogen-bond donors (Lipinski definition) is 1. The fraction of sp³-hybridized carbons (Fsp3) is 0.909. The summed E-state index contributed by atoms with van der Waals surface area (Å²) < 4.78 is 0. The van der Waals surface area contributed by atoms with Crippen molar-refractivity contribution in [3.63, 3.8) is 0 Å². The standard InChI is InChI=1S/C11H20N2S/c1-11(2,9-12)4-5-13-7-10-3-6-14-8-10/h10,13H,3-8H2,1-2H3. The molecule has 0 bridgehead atoms. The Morgan fingerprint density at radius 2 is 2.36 bits per heavy atom. The highest BCUT2D eigenvalue weighted by atomic mass is 32.2. The van der Waals surface area contributed by atoms with E-state index in [1.165, 1.54) is 17.9 Å². The minimum atomic E-state index is -0.169. The molecule has 1 aliphatic rings. The second-order valence-corrected chi connectivity index (χ2v) is 5.83. The molecule has 0 aliphatic carbocycles. The summed E-state index contributed by atoms with van der Waals surface area (Å²) in [5.74, 6) is 3.51. The van der Waals surface area contributed by atoms with Crippen LogP contribution >= 0.6 is 11.8 Å². The number of hydrogen-bond acceptors (Lipinski definition) is 3. The average molecular weight is 212 g/mol. The van der Waals surface area contributed by atoms with Crippen molar-refractivity contribution in [2.45, 2.75) is 26.7 Å². The molecule has 0 aromatic heterocycles. The van der Waals surface area contributed by atoms with Gasteiger partial charge in [0.15, 0.2) is 0 Å². The highest BCUT2D eigenvalue weighted by Gasteiger charge is 2.17. The van der Waals surface area contributed by atoms with Gasteiger partial charge >= 0.3 is 0 Å². The van der Waals surface area contributed by atoms with E-state index in [1.54, 1.807) is 0 Å². The van der Waals surface area contributed by atoms with E-state index in [2.05, 4.69) is 23.1 Å². The minimum Gasteiger partial charge on any atom is -0.316 e. The molecular weight excluding hydrogens is 192 g/mol. The van der Waals surface area contributed by atoms with Crippen LogP contribution in [0.3, 0.4) is 0 Å². The summed E-state index contributed by atoms with van der Waals surface area (Å²) in [6, 6.07) is 2.33. The minimum absolute atomic E-state index is 0.169. The van der Waals surface area contributed by atoms with Crippen LogP contribution in [0.5, 0.6) is 0 Å². The molecule has 2 nitrogen and oxygen atoms in total. The van der Waals surface area contributed by atoms with E-state index in [0.717, 1.165) is 25.4 Å². The molecule has 1 fully saturated rings. The summed E-state index contributed by atoms with van der Waals surface area (Å²) in [4.78, 5) is 0. The fourth-order valence-corrected chi connectivity index (χ4v) is 2.79. The Labute approximate surface area is 91.4 Å². The van der Waals surface area contributed by atoms with Crippen molar-refractivity contribution in [1.29, 1.82) is 5.26 Å². The Balaban J connectivity index is 2.02. The fourth-order valence-electron chi connectivity index (χ4n) is 1.51. The van der Waals surface area contributed by atoms with Crippen LogP contribution in [0.1, 0.15) is 26.7 Å². The zero-order valence-electron chi connectivity index (χ0n) is 9.18. The maximum Gasteiger partial charge on any atom is 0.0684 e. The highest BCUT2D eigenvalue weighted by molar-refractivity contribution is 7.99. The van der Waals surface area contributed by atoms with Gasteiger partial charge in [-0.1, -0.05) is 0 Å². The zero-order chi connectivity index (χ0) is 10.4. The normalized spacial score (nSPS) is 22.2. The van der Waals surface area contributed by atoms with E-state index < -0.39 is 0 Å². The van der Waals surface area contributed by atoms with Crippen molar-refractivity contribution in [3.05, 3.63) is 0 Å². The maximum atomic E-state index is 8.82. The third kappa shape index (κ3) is 4.34.